The maximum absolute atomic E-state index is 15.9. The molecule has 0 bridgehead atoms. The molecule has 138 heavy (non-hydrogen) atoms. The minimum atomic E-state index is -1.94. The monoisotopic (exact) mass is 1930 g/mol. The average Bonchev–Trinajstić information content (AvgIpc) is 1.51. The zero-order chi connectivity index (χ0) is 100. The summed E-state index contributed by atoms with van der Waals surface area (Å²) in [6.45, 7) is 4.27. The molecular formula is C98H123F3N18O18S. The summed E-state index contributed by atoms with van der Waals surface area (Å²) in [6, 6.07) is 16.7. The quantitative estimate of drug-likeness (QED) is 0.0274. The number of carboxylic acids is 1. The summed E-state index contributed by atoms with van der Waals surface area (Å²) < 4.78 is 45.2. The van der Waals surface area contributed by atoms with Crippen LogP contribution in [0.2, 0.25) is 0 Å². The Hall–Kier alpha value is -13.8. The van der Waals surface area contributed by atoms with Gasteiger partial charge in [-0.15, -0.1) is 11.8 Å². The molecule has 13 atom stereocenters. The third kappa shape index (κ3) is 29.2. The summed E-state index contributed by atoms with van der Waals surface area (Å²) in [5.74, 6) is -23.3. The third-order valence-corrected chi connectivity index (χ3v) is 26.0. The highest BCUT2D eigenvalue weighted by atomic mass is 32.2. The number of aromatic amines is 1. The Kier molecular flexibility index (Phi) is 39.2. The summed E-state index contributed by atoms with van der Waals surface area (Å²) in [6.07, 6.45) is -0.184. The van der Waals surface area contributed by atoms with Gasteiger partial charge in [-0.25, -0.2) is 13.2 Å². The number of benzene rings is 6. The number of nitrogens with zero attached hydrogens (tertiary/aromatic N) is 5. The van der Waals surface area contributed by atoms with Crippen molar-refractivity contribution in [3.05, 3.63) is 208 Å². The molecule has 3 aliphatic rings. The summed E-state index contributed by atoms with van der Waals surface area (Å²) >= 11 is 0.673. The second kappa shape index (κ2) is 50.9. The molecule has 0 saturated carbocycles. The molecule has 1 aromatic heterocycles. The Morgan fingerprint density at radius 2 is 0.986 bits per heavy atom. The number of carboxylic acid groups (broad SMARTS) is 1. The van der Waals surface area contributed by atoms with Crippen LogP contribution in [0.1, 0.15) is 130 Å². The van der Waals surface area contributed by atoms with Gasteiger partial charge in [0, 0.05) is 102 Å². The number of H-pyrrole nitrogens is 1. The van der Waals surface area contributed by atoms with E-state index in [9.17, 15) is 43.4 Å². The number of unbranched alkanes of at least 4 members (excludes halogenated alkanes) is 2. The number of rotatable bonds is 26. The number of carbonyl (C=O) groups is 16. The van der Waals surface area contributed by atoms with E-state index in [1.807, 2.05) is 6.92 Å². The van der Waals surface area contributed by atoms with Crippen LogP contribution in [0.15, 0.2) is 152 Å². The molecular weight excluding hydrogens is 1810 g/mol. The van der Waals surface area contributed by atoms with Crippen LogP contribution < -0.4 is 65.1 Å². The number of thioether (sulfide) groups is 1. The third-order valence-electron chi connectivity index (χ3n) is 25.0. The molecule has 3 aliphatic heterocycles. The lowest BCUT2D eigenvalue weighted by Crippen LogP contribution is -2.62. The van der Waals surface area contributed by atoms with E-state index in [4.69, 9.17) is 17.2 Å². The van der Waals surface area contributed by atoms with Gasteiger partial charge in [-0.05, 0) is 133 Å². The number of fused-ring (bicyclic) bond motifs is 3. The highest BCUT2D eigenvalue weighted by Gasteiger charge is 2.47. The molecule has 15 amide bonds. The van der Waals surface area contributed by atoms with Crippen LogP contribution in [0.3, 0.4) is 0 Å². The first-order valence-electron chi connectivity index (χ1n) is 46.2. The van der Waals surface area contributed by atoms with E-state index in [0.717, 1.165) is 20.3 Å². The van der Waals surface area contributed by atoms with Crippen molar-refractivity contribution in [2.45, 2.75) is 215 Å². The van der Waals surface area contributed by atoms with Crippen molar-refractivity contribution in [2.24, 2.45) is 23.1 Å². The van der Waals surface area contributed by atoms with Gasteiger partial charge >= 0.3 is 5.97 Å². The summed E-state index contributed by atoms with van der Waals surface area (Å²) in [5, 5.41) is 45.5. The smallest absolute Gasteiger partial charge is 0.305 e. The lowest BCUT2D eigenvalue weighted by Gasteiger charge is -2.38. The van der Waals surface area contributed by atoms with E-state index in [2.05, 4.69) is 52.8 Å². The maximum Gasteiger partial charge on any atom is 0.305 e. The predicted molar refractivity (Wildman–Crippen MR) is 506 cm³/mol. The summed E-state index contributed by atoms with van der Waals surface area (Å²) in [7, 11) is 3.80. The summed E-state index contributed by atoms with van der Waals surface area (Å²) in [4.78, 5) is 248. The number of aromatic nitrogens is 1. The normalized spacial score (nSPS) is 23.1. The molecule has 0 spiro atoms. The minimum Gasteiger partial charge on any atom is -0.508 e. The van der Waals surface area contributed by atoms with Gasteiger partial charge in [0.05, 0.1) is 18.7 Å². The molecule has 18 N–H and O–H groups in total. The minimum absolute atomic E-state index is 0.0177. The zero-order valence-electron chi connectivity index (χ0n) is 77.9. The number of para-hydroxylation sites is 1. The summed E-state index contributed by atoms with van der Waals surface area (Å²) in [5.41, 5.74) is 20.8. The average molecular weight is 1930 g/mol. The molecule has 7 aromatic rings. The number of aliphatic carboxylic acids is 1. The SMILES string of the molecule is CCCC[C@H]1C(=O)N2CCC[C@@H]2C(=O)N[C@@H](CC(=O)O)C(=O)N[C@@H](C(C)C)C(=O)N(C)[C@@H](Cc2ccccc2)C(=O)N[C@@H](Cc2ccc(CN)cc2)C(=O)N2CCC[C@@H]2C(=O)N[C@@H](Cc2c[nH]c3ccccc23)C(=O)N[C@@H](Cc2ccc(O)cc2)C(=O)N[C@@H](CCCCN)C(=O)N[C@H](C(=O)NCC(N)=O)CSCC(=O)N[C@@H](Cc2cc(F)c(F)c(F)c2)C(=O)N(C)[C@@H](Cc2ccccc2)C(=O)N1C. The Bertz CT molecular complexity index is 5470. The van der Waals surface area contributed by atoms with Crippen LogP contribution in [0.4, 0.5) is 13.2 Å². The van der Waals surface area contributed by atoms with Crippen LogP contribution in [0.5, 0.6) is 5.75 Å². The van der Waals surface area contributed by atoms with Crippen LogP contribution in [0.25, 0.3) is 10.9 Å². The fourth-order valence-electron chi connectivity index (χ4n) is 17.2. The van der Waals surface area contributed by atoms with Crippen molar-refractivity contribution >= 4 is 117 Å². The standard InChI is InChI=1S/C98H123F3N18O18S/c1-7-8-28-78-97(136)119-41-20-30-77(119)92(131)111-72(50-83(123)124)90(129)114-85(56(2)3)98(137)116(5)79(47-57-21-11-9-12-22-57)93(132)112-74(45-59-31-33-61(51-103)34-32-59)95(134)118-40-19-29-76(118)91(130)110-71(49-63-52-105-68-26-16-15-25-65(63)68)89(128)109-70(44-60-35-37-64(120)38-36-60)88(127)108-69(27-17-18-39-102)87(126)113-75(86(125)106-53-81(104)121)54-138-55-82(122)107-73(46-62-42-66(99)84(101)67(100)43-62)94(133)117(6)80(96(135)115(78)4)48-58-23-13-10-14-24-58/h9-16,21-26,31-38,42-43,52,56,69-80,85,105,120H,7-8,17-20,27-30,39-41,44-51,53-55,102-103H2,1-6H3,(H2,104,121)(H,106,125)(H,107,122)(H,108,127)(H,109,128)(H,110,130)(H,111,131)(H,112,132)(H,113,126)(H,114,129)(H,123,124)/t69-,70-,71-,72-,73-,74-,75-,76+,77+,78-,79-,80-,85-/m0/s1. The van der Waals surface area contributed by atoms with E-state index in [1.54, 1.807) is 129 Å². The van der Waals surface area contributed by atoms with Crippen LogP contribution in [0, 0.1) is 23.4 Å². The number of likely N-dealkylation sites (N-methyl/N-ethyl adjacent to an activating group) is 3. The molecule has 0 aliphatic carbocycles. The number of aromatic hydroxyl groups is 1. The van der Waals surface area contributed by atoms with E-state index < -0.39 is 227 Å². The van der Waals surface area contributed by atoms with Gasteiger partial charge in [-0.3, -0.25) is 76.7 Å². The van der Waals surface area contributed by atoms with Crippen LogP contribution >= 0.6 is 11.8 Å². The fourth-order valence-corrected chi connectivity index (χ4v) is 18.1. The molecule has 0 radical (unpaired) electrons. The molecule has 740 valence electrons. The second-order valence-corrected chi connectivity index (χ2v) is 36.4. The number of nitrogens with one attached hydrogen (secondary N) is 10. The lowest BCUT2D eigenvalue weighted by atomic mass is 9.98. The predicted octanol–water partition coefficient (Wildman–Crippen LogP) is 2.65. The molecule has 6 aromatic carbocycles. The van der Waals surface area contributed by atoms with Crippen molar-refractivity contribution in [1.29, 1.82) is 0 Å². The number of primary amides is 1. The first-order valence-corrected chi connectivity index (χ1v) is 47.3. The number of amides is 15. The molecule has 3 saturated heterocycles. The maximum atomic E-state index is 15.9. The lowest BCUT2D eigenvalue weighted by molar-refractivity contribution is -0.152. The number of hydrogen-bond acceptors (Lipinski definition) is 20. The zero-order valence-corrected chi connectivity index (χ0v) is 78.7. The van der Waals surface area contributed by atoms with Gasteiger partial charge in [0.25, 0.3) is 0 Å². The molecule has 36 nitrogen and oxygen atoms in total. The molecule has 0 unspecified atom stereocenters. The molecule has 3 fully saturated rings. The number of halogens is 3. The van der Waals surface area contributed by atoms with E-state index in [1.165, 1.54) is 55.2 Å². The Labute approximate surface area is 801 Å². The topological polar surface area (TPSA) is 532 Å². The largest absolute Gasteiger partial charge is 0.508 e. The van der Waals surface area contributed by atoms with E-state index >= 15 is 56.7 Å². The van der Waals surface area contributed by atoms with Crippen LogP contribution in [-0.2, 0) is 122 Å². The van der Waals surface area contributed by atoms with E-state index in [0.29, 0.717) is 75.5 Å². The molecule has 40 heteroatoms. The van der Waals surface area contributed by atoms with Crippen LogP contribution in [-0.4, -0.2) is 272 Å². The van der Waals surface area contributed by atoms with Crippen molar-refractivity contribution in [3.63, 3.8) is 0 Å². The van der Waals surface area contributed by atoms with Gasteiger partial charge in [0.2, 0.25) is 88.6 Å². The van der Waals surface area contributed by atoms with Gasteiger partial charge in [0.15, 0.2) is 17.5 Å². The number of phenolic OH excluding ortho intramolecular Hbond substituents is 1. The Morgan fingerprint density at radius 1 is 0.493 bits per heavy atom. The molecule has 4 heterocycles. The van der Waals surface area contributed by atoms with Crippen molar-refractivity contribution in [3.8, 4) is 5.75 Å². The first kappa shape index (κ1) is 106. The van der Waals surface area contributed by atoms with Gasteiger partial charge in [-0.1, -0.05) is 149 Å². The van der Waals surface area contributed by atoms with Crippen molar-refractivity contribution in [1.82, 2.24) is 77.3 Å². The van der Waals surface area contributed by atoms with Crippen molar-refractivity contribution < 1.29 is 100 Å². The number of hydrogen-bond donors (Lipinski definition) is 15. The first-order chi connectivity index (χ1) is 65.9. The number of nitrogens with two attached hydrogens (primary N) is 3. The second-order valence-electron chi connectivity index (χ2n) is 35.3. The van der Waals surface area contributed by atoms with Crippen molar-refractivity contribution in [2.75, 3.05) is 58.8 Å². The Morgan fingerprint density at radius 3 is 1.57 bits per heavy atom. The molecule has 10 rings (SSSR count). The highest BCUT2D eigenvalue weighted by molar-refractivity contribution is 8.00. The Balaban J connectivity index is 1.06. The highest BCUT2D eigenvalue weighted by Crippen LogP contribution is 2.29. The fraction of sp³-hybridized carbons (Fsp3) is 0.449. The van der Waals surface area contributed by atoms with E-state index in [-0.39, 0.29) is 121 Å². The number of carbonyl (C=O) groups excluding carboxylic acids is 15. The van der Waals surface area contributed by atoms with Gasteiger partial charge in [0.1, 0.15) is 84.3 Å². The van der Waals surface area contributed by atoms with Gasteiger partial charge < -0.3 is 105 Å². The van der Waals surface area contributed by atoms with Gasteiger partial charge in [-0.2, -0.15) is 0 Å². The number of phenols is 1.